The van der Waals surface area contributed by atoms with Crippen LogP contribution in [0.1, 0.15) is 56.6 Å². The Bertz CT molecular complexity index is 732. The number of Topliss-reactive ketones (excluding diaryl/α,β-unsaturated/α-hetero) is 1. The minimum atomic E-state index is -1.29. The first-order valence-electron chi connectivity index (χ1n) is 10.4. The summed E-state index contributed by atoms with van der Waals surface area (Å²) in [6.07, 6.45) is 2.96. The van der Waals surface area contributed by atoms with Crippen LogP contribution in [0.15, 0.2) is 60.7 Å². The Kier molecular flexibility index (Phi) is 8.59. The smallest absolute Gasteiger partial charge is 0.316 e. The molecule has 2 rings (SSSR count). The van der Waals surface area contributed by atoms with Gasteiger partial charge in [-0.2, -0.15) is 0 Å². The lowest BCUT2D eigenvalue weighted by atomic mass is 9.85. The fourth-order valence-corrected chi connectivity index (χ4v) is 3.46. The number of rotatable bonds is 12. The molecular weight excluding hydrogens is 362 g/mol. The lowest BCUT2D eigenvalue weighted by Crippen LogP contribution is -2.33. The predicted molar refractivity (Wildman–Crippen MR) is 117 cm³/mol. The molecule has 156 valence electrons. The van der Waals surface area contributed by atoms with Gasteiger partial charge in [-0.25, -0.2) is 0 Å². The van der Waals surface area contributed by atoms with Gasteiger partial charge in [0.25, 0.3) is 0 Å². The number of benzene rings is 2. The average Bonchev–Trinajstić information content (AvgIpc) is 2.72. The van der Waals surface area contributed by atoms with Crippen LogP contribution in [0, 0.1) is 5.41 Å². The molecule has 1 N–H and O–H groups in total. The largest absolute Gasteiger partial charge is 0.481 e. The first kappa shape index (κ1) is 22.8. The van der Waals surface area contributed by atoms with Crippen molar-refractivity contribution in [3.05, 3.63) is 71.8 Å². The van der Waals surface area contributed by atoms with E-state index in [-0.39, 0.29) is 5.78 Å². The van der Waals surface area contributed by atoms with E-state index in [0.717, 1.165) is 32.4 Å². The Morgan fingerprint density at radius 1 is 0.897 bits per heavy atom. The second-order valence-corrected chi connectivity index (χ2v) is 8.28. The van der Waals surface area contributed by atoms with E-state index in [9.17, 15) is 9.59 Å². The van der Waals surface area contributed by atoms with Crippen LogP contribution in [0.5, 0.6) is 0 Å². The molecule has 0 aliphatic heterocycles. The highest BCUT2D eigenvalue weighted by molar-refractivity contribution is 6.02. The number of hydrogen-bond acceptors (Lipinski definition) is 3. The molecular formula is C25H33NO3. The zero-order valence-electron chi connectivity index (χ0n) is 17.8. The van der Waals surface area contributed by atoms with Crippen molar-refractivity contribution in [3.8, 4) is 0 Å². The molecule has 0 aliphatic rings. The third kappa shape index (κ3) is 6.82. The molecule has 0 saturated heterocycles. The quantitative estimate of drug-likeness (QED) is 0.406. The van der Waals surface area contributed by atoms with E-state index in [0.29, 0.717) is 12.3 Å². The number of ketones is 1. The summed E-state index contributed by atoms with van der Waals surface area (Å²) < 4.78 is 0. The summed E-state index contributed by atoms with van der Waals surface area (Å²) in [5.41, 5.74) is 1.37. The monoisotopic (exact) mass is 395 g/mol. The Morgan fingerprint density at radius 3 is 1.90 bits per heavy atom. The zero-order chi connectivity index (χ0) is 21.3. The molecule has 0 amide bonds. The molecule has 0 radical (unpaired) electrons. The van der Waals surface area contributed by atoms with Crippen LogP contribution >= 0.6 is 0 Å². The highest BCUT2D eigenvalue weighted by Crippen LogP contribution is 2.28. The minimum Gasteiger partial charge on any atom is -0.481 e. The number of hydrogen-bond donors (Lipinski definition) is 1. The van der Waals surface area contributed by atoms with Crippen molar-refractivity contribution < 1.29 is 14.7 Å². The maximum absolute atomic E-state index is 12.1. The molecule has 0 heterocycles. The molecule has 2 aromatic carbocycles. The summed E-state index contributed by atoms with van der Waals surface area (Å²) in [7, 11) is 2.11. The van der Waals surface area contributed by atoms with Crippen LogP contribution in [0.25, 0.3) is 0 Å². The Hall–Kier alpha value is -2.46. The molecule has 0 aliphatic carbocycles. The van der Waals surface area contributed by atoms with E-state index in [1.807, 2.05) is 12.1 Å². The van der Waals surface area contributed by atoms with E-state index >= 15 is 0 Å². The molecule has 0 saturated carbocycles. The molecule has 0 atom stereocenters. The van der Waals surface area contributed by atoms with E-state index in [4.69, 9.17) is 5.11 Å². The maximum atomic E-state index is 12.1. The first-order valence-corrected chi connectivity index (χ1v) is 10.4. The van der Waals surface area contributed by atoms with Crippen LogP contribution < -0.4 is 0 Å². The average molecular weight is 396 g/mol. The molecule has 2 aromatic rings. The summed E-state index contributed by atoms with van der Waals surface area (Å²) in [4.78, 5) is 25.5. The standard InChI is InChI=1S/C25H33NO3/c1-25(2,24(28)29)23(27)16-10-11-18-26(3)19-17-22(20-12-6-4-7-13-20)21-14-8-5-9-15-21/h4-9,12-15,22H,10-11,16-19H2,1-3H3,(H,28,29). The highest BCUT2D eigenvalue weighted by Gasteiger charge is 2.34. The van der Waals surface area contributed by atoms with Gasteiger partial charge in [-0.05, 0) is 64.4 Å². The zero-order valence-corrected chi connectivity index (χ0v) is 17.8. The lowest BCUT2D eigenvalue weighted by Gasteiger charge is -2.23. The molecule has 0 bridgehead atoms. The van der Waals surface area contributed by atoms with Gasteiger partial charge in [0.05, 0.1) is 0 Å². The molecule has 4 heteroatoms. The van der Waals surface area contributed by atoms with E-state index in [1.165, 1.54) is 25.0 Å². The van der Waals surface area contributed by atoms with Crippen molar-refractivity contribution in [2.75, 3.05) is 20.1 Å². The number of carbonyl (C=O) groups excluding carboxylic acids is 1. The van der Waals surface area contributed by atoms with Gasteiger partial charge in [0.1, 0.15) is 11.2 Å². The van der Waals surface area contributed by atoms with Crippen molar-refractivity contribution in [1.82, 2.24) is 4.90 Å². The minimum absolute atomic E-state index is 0.194. The number of carboxylic acid groups (broad SMARTS) is 1. The molecule has 0 spiro atoms. The van der Waals surface area contributed by atoms with Crippen molar-refractivity contribution in [2.24, 2.45) is 5.41 Å². The summed E-state index contributed by atoms with van der Waals surface area (Å²) in [5, 5.41) is 9.14. The van der Waals surface area contributed by atoms with Crippen molar-refractivity contribution in [1.29, 1.82) is 0 Å². The first-order chi connectivity index (χ1) is 13.8. The number of carbonyl (C=O) groups is 2. The van der Waals surface area contributed by atoms with Crippen LogP contribution in [-0.4, -0.2) is 41.9 Å². The highest BCUT2D eigenvalue weighted by atomic mass is 16.4. The molecule has 29 heavy (non-hydrogen) atoms. The third-order valence-electron chi connectivity index (χ3n) is 5.63. The van der Waals surface area contributed by atoms with Gasteiger partial charge in [0.2, 0.25) is 0 Å². The molecule has 0 fully saturated rings. The second-order valence-electron chi connectivity index (χ2n) is 8.28. The summed E-state index contributed by atoms with van der Waals surface area (Å²) >= 11 is 0. The number of aliphatic carboxylic acids is 1. The SMILES string of the molecule is CN(CCCCC(=O)C(C)(C)C(=O)O)CCC(c1ccccc1)c1ccccc1. The number of nitrogens with zero attached hydrogens (tertiary/aromatic N) is 1. The van der Waals surface area contributed by atoms with Crippen LogP contribution in [0.4, 0.5) is 0 Å². The Balaban J connectivity index is 1.82. The van der Waals surface area contributed by atoms with E-state index in [2.05, 4.69) is 60.5 Å². The summed E-state index contributed by atoms with van der Waals surface area (Å²) in [5.74, 6) is -0.883. The fraction of sp³-hybridized carbons (Fsp3) is 0.440. The van der Waals surface area contributed by atoms with E-state index in [1.54, 1.807) is 0 Å². The second kappa shape index (κ2) is 10.9. The number of unbranched alkanes of at least 4 members (excludes halogenated alkanes) is 1. The molecule has 0 unspecified atom stereocenters. The molecule has 4 nitrogen and oxygen atoms in total. The predicted octanol–water partition coefficient (Wildman–Crippen LogP) is 4.99. The van der Waals surface area contributed by atoms with Gasteiger partial charge < -0.3 is 10.0 Å². The normalized spacial score (nSPS) is 11.8. The van der Waals surface area contributed by atoms with Crippen molar-refractivity contribution >= 4 is 11.8 Å². The topological polar surface area (TPSA) is 57.6 Å². The maximum Gasteiger partial charge on any atom is 0.316 e. The van der Waals surface area contributed by atoms with Gasteiger partial charge in [-0.3, -0.25) is 9.59 Å². The van der Waals surface area contributed by atoms with Crippen molar-refractivity contribution in [2.45, 2.75) is 45.4 Å². The van der Waals surface area contributed by atoms with E-state index < -0.39 is 11.4 Å². The third-order valence-corrected chi connectivity index (χ3v) is 5.63. The summed E-state index contributed by atoms with van der Waals surface area (Å²) in [6, 6.07) is 21.2. The van der Waals surface area contributed by atoms with Gasteiger partial charge in [0, 0.05) is 12.3 Å². The van der Waals surface area contributed by atoms with Crippen LogP contribution in [-0.2, 0) is 9.59 Å². The summed E-state index contributed by atoms with van der Waals surface area (Å²) in [6.45, 7) is 4.83. The lowest BCUT2D eigenvalue weighted by molar-refractivity contribution is -0.152. The van der Waals surface area contributed by atoms with Crippen LogP contribution in [0.3, 0.4) is 0 Å². The fourth-order valence-electron chi connectivity index (χ4n) is 3.46. The van der Waals surface area contributed by atoms with Gasteiger partial charge in [-0.1, -0.05) is 60.7 Å². The van der Waals surface area contributed by atoms with Gasteiger partial charge in [-0.15, -0.1) is 0 Å². The molecule has 0 aromatic heterocycles. The number of carboxylic acids is 1. The Labute approximate surface area is 174 Å². The van der Waals surface area contributed by atoms with Crippen LogP contribution in [0.2, 0.25) is 0 Å². The van der Waals surface area contributed by atoms with Gasteiger partial charge >= 0.3 is 5.97 Å². The van der Waals surface area contributed by atoms with Crippen molar-refractivity contribution in [3.63, 3.8) is 0 Å². The van der Waals surface area contributed by atoms with Gasteiger partial charge in [0.15, 0.2) is 0 Å². The Morgan fingerprint density at radius 2 is 1.41 bits per heavy atom.